The number of hydrogen-bond donors (Lipinski definition) is 2. The number of aliphatic hydroxyl groups excluding tert-OH is 1. The molecule has 0 aliphatic rings. The summed E-state index contributed by atoms with van der Waals surface area (Å²) in [6, 6.07) is 0. The highest BCUT2D eigenvalue weighted by Crippen LogP contribution is 2.16. The first-order chi connectivity index (χ1) is 6.54. The number of rotatable bonds is 4. The van der Waals surface area contributed by atoms with E-state index < -0.39 is 11.0 Å². The summed E-state index contributed by atoms with van der Waals surface area (Å²) in [6.07, 6.45) is -0.484. The molecule has 0 fully saturated rings. The predicted molar refractivity (Wildman–Crippen MR) is 53.5 cm³/mol. The van der Waals surface area contributed by atoms with Crippen molar-refractivity contribution in [3.8, 4) is 0 Å². The van der Waals surface area contributed by atoms with Crippen LogP contribution in [-0.2, 0) is 6.42 Å². The number of nitrogens with zero attached hydrogens (tertiary/aromatic N) is 2. The predicted octanol–water partition coefficient (Wildman–Crippen LogP) is 0.925. The first-order valence-electron chi connectivity index (χ1n) is 3.98. The van der Waals surface area contributed by atoms with Crippen LogP contribution in [0.5, 0.6) is 0 Å². The molecule has 0 saturated heterocycles. The maximum absolute atomic E-state index is 10.5. The highest BCUT2D eigenvalue weighted by Gasteiger charge is 2.20. The Morgan fingerprint density at radius 3 is 2.93 bits per heavy atom. The Bertz CT molecular complexity index is 339. The summed E-state index contributed by atoms with van der Waals surface area (Å²) in [5, 5.41) is 20.2. The maximum Gasteiger partial charge on any atom is 0.343 e. The van der Waals surface area contributed by atoms with Crippen LogP contribution in [0.3, 0.4) is 0 Å². The van der Waals surface area contributed by atoms with E-state index in [9.17, 15) is 15.2 Å². The Morgan fingerprint density at radius 2 is 2.43 bits per heavy atom. The van der Waals surface area contributed by atoms with Gasteiger partial charge < -0.3 is 15.2 Å². The van der Waals surface area contributed by atoms with Gasteiger partial charge in [0, 0.05) is 18.7 Å². The summed E-state index contributed by atoms with van der Waals surface area (Å²) in [7, 11) is 0. The van der Waals surface area contributed by atoms with Gasteiger partial charge in [-0.15, -0.1) is 0 Å². The van der Waals surface area contributed by atoms with E-state index in [4.69, 9.17) is 0 Å². The molecule has 0 bridgehead atoms. The zero-order chi connectivity index (χ0) is 10.7. The minimum atomic E-state index is -0.656. The second kappa shape index (κ2) is 4.52. The van der Waals surface area contributed by atoms with Crippen molar-refractivity contribution < 1.29 is 10.0 Å². The zero-order valence-corrected chi connectivity index (χ0v) is 9.11. The number of aromatic amines is 1. The molecule has 1 rings (SSSR count). The van der Waals surface area contributed by atoms with Crippen molar-refractivity contribution in [1.29, 1.82) is 0 Å². The molecule has 7 heteroatoms. The fourth-order valence-corrected chi connectivity index (χ4v) is 1.33. The molecule has 78 valence electrons. The van der Waals surface area contributed by atoms with Crippen molar-refractivity contribution in [1.82, 2.24) is 9.97 Å². The summed E-state index contributed by atoms with van der Waals surface area (Å²) >= 11 is 3.08. The lowest BCUT2D eigenvalue weighted by Crippen LogP contribution is -2.13. The van der Waals surface area contributed by atoms with E-state index in [1.165, 1.54) is 0 Å². The van der Waals surface area contributed by atoms with Crippen LogP contribution < -0.4 is 0 Å². The van der Waals surface area contributed by atoms with Crippen LogP contribution in [0, 0.1) is 17.0 Å². The van der Waals surface area contributed by atoms with Gasteiger partial charge in [0.15, 0.2) is 5.82 Å². The maximum atomic E-state index is 10.5. The number of aliphatic hydroxyl groups is 1. The highest BCUT2D eigenvalue weighted by molar-refractivity contribution is 9.09. The van der Waals surface area contributed by atoms with E-state index >= 15 is 0 Å². The third kappa shape index (κ3) is 2.52. The van der Waals surface area contributed by atoms with Gasteiger partial charge in [-0.1, -0.05) is 15.9 Å². The fraction of sp³-hybridized carbons (Fsp3) is 0.571. The van der Waals surface area contributed by atoms with Crippen LogP contribution in [0.15, 0.2) is 0 Å². The van der Waals surface area contributed by atoms with Crippen LogP contribution in [0.4, 0.5) is 5.82 Å². The second-order valence-corrected chi connectivity index (χ2v) is 3.53. The number of H-pyrrole nitrogens is 1. The van der Waals surface area contributed by atoms with Crippen molar-refractivity contribution in [3.63, 3.8) is 0 Å². The second-order valence-electron chi connectivity index (χ2n) is 2.89. The molecule has 1 aromatic rings. The first-order valence-corrected chi connectivity index (χ1v) is 5.10. The summed E-state index contributed by atoms with van der Waals surface area (Å²) in [5.41, 5.74) is 0.291. The van der Waals surface area contributed by atoms with Gasteiger partial charge in [-0.25, -0.2) is 9.97 Å². The molecule has 1 heterocycles. The lowest BCUT2D eigenvalue weighted by molar-refractivity contribution is -0.390. The number of hydrogen-bond acceptors (Lipinski definition) is 4. The molecule has 0 aliphatic heterocycles. The summed E-state index contributed by atoms with van der Waals surface area (Å²) in [6.45, 7) is 1.64. The molecule has 14 heavy (non-hydrogen) atoms. The molecule has 0 radical (unpaired) electrons. The largest absolute Gasteiger partial charge is 0.392 e. The Morgan fingerprint density at radius 1 is 1.79 bits per heavy atom. The Kier molecular flexibility index (Phi) is 3.59. The number of halogens is 1. The van der Waals surface area contributed by atoms with Crippen molar-refractivity contribution in [3.05, 3.63) is 21.6 Å². The normalized spacial score (nSPS) is 12.8. The molecule has 6 nitrogen and oxygen atoms in total. The number of nitrogens with one attached hydrogen (secondary N) is 1. The molecule has 0 aromatic carbocycles. The minimum Gasteiger partial charge on any atom is -0.392 e. The van der Waals surface area contributed by atoms with E-state index in [0.29, 0.717) is 16.8 Å². The number of imidazole rings is 1. The van der Waals surface area contributed by atoms with Gasteiger partial charge in [0.05, 0.1) is 6.10 Å². The van der Waals surface area contributed by atoms with Gasteiger partial charge in [-0.05, 0) is 4.92 Å². The van der Waals surface area contributed by atoms with Crippen LogP contribution in [-0.4, -0.2) is 31.4 Å². The average Bonchev–Trinajstić information content (AvgIpc) is 2.46. The molecular weight excluding hydrogens is 254 g/mol. The van der Waals surface area contributed by atoms with Crippen LogP contribution in [0.25, 0.3) is 0 Å². The smallest absolute Gasteiger partial charge is 0.343 e. The molecule has 0 amide bonds. The molecule has 0 saturated carbocycles. The van der Waals surface area contributed by atoms with Gasteiger partial charge in [-0.3, -0.25) is 0 Å². The highest BCUT2D eigenvalue weighted by atomic mass is 79.9. The number of aryl methyl sites for hydroxylation is 1. The van der Waals surface area contributed by atoms with Crippen molar-refractivity contribution >= 4 is 21.7 Å². The molecule has 1 aromatic heterocycles. The summed E-state index contributed by atoms with van der Waals surface area (Å²) in [4.78, 5) is 16.5. The summed E-state index contributed by atoms with van der Waals surface area (Å²) < 4.78 is 0. The Labute approximate surface area is 88.6 Å². The Balaban J connectivity index is 2.89. The van der Waals surface area contributed by atoms with Gasteiger partial charge in [0.2, 0.25) is 0 Å². The molecule has 1 atom stereocenters. The third-order valence-electron chi connectivity index (χ3n) is 1.66. The van der Waals surface area contributed by atoms with Crippen molar-refractivity contribution in [2.45, 2.75) is 19.4 Å². The molecule has 0 spiro atoms. The van der Waals surface area contributed by atoms with Crippen LogP contribution in [0.2, 0.25) is 0 Å². The third-order valence-corrected chi connectivity index (χ3v) is 2.41. The molecule has 0 aliphatic carbocycles. The molecular formula is C7H10BrN3O3. The van der Waals surface area contributed by atoms with Crippen molar-refractivity contribution in [2.75, 3.05) is 5.33 Å². The first kappa shape index (κ1) is 11.1. The zero-order valence-electron chi connectivity index (χ0n) is 7.53. The number of nitro groups is 1. The number of aromatic nitrogens is 2. The van der Waals surface area contributed by atoms with Gasteiger partial charge in [-0.2, -0.15) is 0 Å². The van der Waals surface area contributed by atoms with Crippen molar-refractivity contribution in [2.24, 2.45) is 0 Å². The van der Waals surface area contributed by atoms with Gasteiger partial charge >= 0.3 is 5.82 Å². The lowest BCUT2D eigenvalue weighted by Gasteiger charge is -2.02. The topological polar surface area (TPSA) is 92.1 Å². The van der Waals surface area contributed by atoms with Gasteiger partial charge in [0.1, 0.15) is 5.69 Å². The molecule has 2 N–H and O–H groups in total. The monoisotopic (exact) mass is 263 g/mol. The quantitative estimate of drug-likeness (QED) is 0.480. The standard InChI is InChI=1S/C7H10BrN3O3/c1-4-9-6(2-5(12)3-8)7(10-4)11(13)14/h5,12H,2-3H2,1H3,(H,9,10). The fourth-order valence-electron chi connectivity index (χ4n) is 1.10. The van der Waals surface area contributed by atoms with Crippen LogP contribution >= 0.6 is 15.9 Å². The lowest BCUT2D eigenvalue weighted by atomic mass is 10.2. The van der Waals surface area contributed by atoms with Crippen LogP contribution in [0.1, 0.15) is 11.5 Å². The van der Waals surface area contributed by atoms with E-state index in [2.05, 4.69) is 25.9 Å². The van der Waals surface area contributed by atoms with E-state index in [0.717, 1.165) is 0 Å². The minimum absolute atomic E-state index is 0.137. The molecule has 1 unspecified atom stereocenters. The Hall–Kier alpha value is -0.950. The average molecular weight is 264 g/mol. The van der Waals surface area contributed by atoms with E-state index in [-0.39, 0.29) is 12.2 Å². The SMILES string of the molecule is Cc1nc(CC(O)CBr)c([N+](=O)[O-])[nH]1. The van der Waals surface area contributed by atoms with E-state index in [1.54, 1.807) is 6.92 Å². The van der Waals surface area contributed by atoms with E-state index in [1.807, 2.05) is 0 Å². The summed E-state index contributed by atoms with van der Waals surface area (Å²) in [5.74, 6) is 0.343. The van der Waals surface area contributed by atoms with Gasteiger partial charge in [0.25, 0.3) is 0 Å². The number of alkyl halides is 1.